The number of rotatable bonds is 2. The van der Waals surface area contributed by atoms with Crippen LogP contribution in [0.15, 0.2) is 36.5 Å². The van der Waals surface area contributed by atoms with Crippen LogP contribution < -0.4 is 4.74 Å². The lowest BCUT2D eigenvalue weighted by atomic mass is 10.2. The van der Waals surface area contributed by atoms with Gasteiger partial charge >= 0.3 is 0 Å². The maximum absolute atomic E-state index is 5.91. The number of nitrogens with zero attached hydrogens (tertiary/aromatic N) is 3. The average molecular weight is 274 g/mol. The second-order valence-electron chi connectivity index (χ2n) is 4.36. The third kappa shape index (κ3) is 2.39. The Balaban J connectivity index is 1.98. The SMILES string of the molecule is Cc1cc(Oc2ccc3cnn(C)c3c2)cc(Cl)n1. The van der Waals surface area contributed by atoms with E-state index in [1.165, 1.54) is 0 Å². The van der Waals surface area contributed by atoms with Crippen molar-refractivity contribution >= 4 is 22.5 Å². The van der Waals surface area contributed by atoms with Crippen molar-refractivity contribution in [3.05, 3.63) is 47.4 Å². The first-order chi connectivity index (χ1) is 9.11. The van der Waals surface area contributed by atoms with Crippen LogP contribution in [0.25, 0.3) is 10.9 Å². The number of aromatic nitrogens is 3. The average Bonchev–Trinajstić information content (AvgIpc) is 2.70. The number of hydrogen-bond donors (Lipinski definition) is 0. The van der Waals surface area contributed by atoms with Crippen molar-refractivity contribution in [2.24, 2.45) is 7.05 Å². The molecule has 2 aromatic heterocycles. The first-order valence-electron chi connectivity index (χ1n) is 5.85. The molecule has 0 fully saturated rings. The van der Waals surface area contributed by atoms with Gasteiger partial charge in [0.05, 0.1) is 11.7 Å². The molecule has 3 rings (SSSR count). The number of benzene rings is 1. The van der Waals surface area contributed by atoms with Gasteiger partial charge in [-0.25, -0.2) is 4.98 Å². The van der Waals surface area contributed by atoms with Crippen LogP contribution >= 0.6 is 11.6 Å². The summed E-state index contributed by atoms with van der Waals surface area (Å²) in [6.07, 6.45) is 1.83. The molecule has 0 atom stereocenters. The van der Waals surface area contributed by atoms with Crippen molar-refractivity contribution < 1.29 is 4.74 Å². The van der Waals surface area contributed by atoms with Gasteiger partial charge in [-0.1, -0.05) is 11.6 Å². The Morgan fingerprint density at radius 3 is 2.79 bits per heavy atom. The van der Waals surface area contributed by atoms with Crippen LogP contribution in [-0.2, 0) is 7.05 Å². The molecule has 0 spiro atoms. The van der Waals surface area contributed by atoms with Gasteiger partial charge in [0.2, 0.25) is 0 Å². The summed E-state index contributed by atoms with van der Waals surface area (Å²) in [4.78, 5) is 4.10. The van der Waals surface area contributed by atoms with E-state index < -0.39 is 0 Å². The molecular weight excluding hydrogens is 262 g/mol. The number of hydrogen-bond acceptors (Lipinski definition) is 3. The van der Waals surface area contributed by atoms with Crippen molar-refractivity contribution in [1.29, 1.82) is 0 Å². The molecule has 0 radical (unpaired) electrons. The summed E-state index contributed by atoms with van der Waals surface area (Å²) in [5.74, 6) is 1.43. The first-order valence-corrected chi connectivity index (χ1v) is 6.23. The number of fused-ring (bicyclic) bond motifs is 1. The zero-order valence-electron chi connectivity index (χ0n) is 10.6. The van der Waals surface area contributed by atoms with Crippen LogP contribution in [0, 0.1) is 6.92 Å². The van der Waals surface area contributed by atoms with Gasteiger partial charge in [0, 0.05) is 36.3 Å². The number of aryl methyl sites for hydroxylation is 2. The van der Waals surface area contributed by atoms with Crippen molar-refractivity contribution in [1.82, 2.24) is 14.8 Å². The van der Waals surface area contributed by atoms with E-state index in [4.69, 9.17) is 16.3 Å². The molecule has 0 amide bonds. The minimum Gasteiger partial charge on any atom is -0.457 e. The molecule has 19 heavy (non-hydrogen) atoms. The van der Waals surface area contributed by atoms with E-state index in [1.54, 1.807) is 6.07 Å². The Kier molecular flexibility index (Phi) is 2.87. The maximum atomic E-state index is 5.91. The van der Waals surface area contributed by atoms with E-state index in [0.717, 1.165) is 22.3 Å². The highest BCUT2D eigenvalue weighted by Crippen LogP contribution is 2.27. The summed E-state index contributed by atoms with van der Waals surface area (Å²) in [6.45, 7) is 1.88. The minimum absolute atomic E-state index is 0.427. The molecule has 0 saturated heterocycles. The van der Waals surface area contributed by atoms with Gasteiger partial charge in [0.1, 0.15) is 16.7 Å². The summed E-state index contributed by atoms with van der Waals surface area (Å²) in [5, 5.41) is 5.71. The van der Waals surface area contributed by atoms with Crippen molar-refractivity contribution in [3.8, 4) is 11.5 Å². The van der Waals surface area contributed by atoms with E-state index in [1.807, 2.05) is 49.1 Å². The third-order valence-corrected chi connectivity index (χ3v) is 3.05. The molecule has 0 saturated carbocycles. The van der Waals surface area contributed by atoms with E-state index >= 15 is 0 Å². The summed E-state index contributed by atoms with van der Waals surface area (Å²) in [7, 11) is 1.90. The molecule has 0 aliphatic rings. The van der Waals surface area contributed by atoms with Gasteiger partial charge in [0.25, 0.3) is 0 Å². The van der Waals surface area contributed by atoms with Gasteiger partial charge in [-0.15, -0.1) is 0 Å². The Labute approximate surface area is 115 Å². The van der Waals surface area contributed by atoms with E-state index in [-0.39, 0.29) is 0 Å². The Hall–Kier alpha value is -2.07. The van der Waals surface area contributed by atoms with E-state index in [0.29, 0.717) is 10.9 Å². The Morgan fingerprint density at radius 1 is 1.16 bits per heavy atom. The second kappa shape index (κ2) is 4.55. The summed E-state index contributed by atoms with van der Waals surface area (Å²) in [5.41, 5.74) is 1.85. The molecule has 0 aliphatic heterocycles. The van der Waals surface area contributed by atoms with Gasteiger partial charge in [0.15, 0.2) is 0 Å². The van der Waals surface area contributed by atoms with E-state index in [2.05, 4.69) is 10.1 Å². The molecule has 0 N–H and O–H groups in total. The number of halogens is 1. The van der Waals surface area contributed by atoms with E-state index in [9.17, 15) is 0 Å². The molecule has 0 unspecified atom stereocenters. The van der Waals surface area contributed by atoms with Crippen molar-refractivity contribution in [3.63, 3.8) is 0 Å². The minimum atomic E-state index is 0.427. The highest BCUT2D eigenvalue weighted by molar-refractivity contribution is 6.29. The lowest BCUT2D eigenvalue weighted by Crippen LogP contribution is -1.91. The topological polar surface area (TPSA) is 39.9 Å². The zero-order chi connectivity index (χ0) is 13.4. The smallest absolute Gasteiger partial charge is 0.133 e. The molecule has 2 heterocycles. The molecule has 5 heteroatoms. The van der Waals surface area contributed by atoms with Crippen molar-refractivity contribution in [2.75, 3.05) is 0 Å². The third-order valence-electron chi connectivity index (χ3n) is 2.85. The second-order valence-corrected chi connectivity index (χ2v) is 4.75. The monoisotopic (exact) mass is 273 g/mol. The fourth-order valence-corrected chi connectivity index (χ4v) is 2.22. The number of ether oxygens (including phenoxy) is 1. The van der Waals surface area contributed by atoms with Crippen molar-refractivity contribution in [2.45, 2.75) is 6.92 Å². The predicted molar refractivity (Wildman–Crippen MR) is 74.8 cm³/mol. The Morgan fingerprint density at radius 2 is 2.00 bits per heavy atom. The summed E-state index contributed by atoms with van der Waals surface area (Å²) >= 11 is 5.91. The number of pyridine rings is 1. The highest BCUT2D eigenvalue weighted by atomic mass is 35.5. The van der Waals surface area contributed by atoms with Crippen LogP contribution in [0.1, 0.15) is 5.69 Å². The highest BCUT2D eigenvalue weighted by Gasteiger charge is 2.04. The molecule has 96 valence electrons. The van der Waals surface area contributed by atoms with Gasteiger partial charge < -0.3 is 4.74 Å². The van der Waals surface area contributed by atoms with Gasteiger partial charge in [-0.05, 0) is 19.1 Å². The van der Waals surface area contributed by atoms with Crippen LogP contribution in [-0.4, -0.2) is 14.8 Å². The first kappa shape index (κ1) is 12.0. The molecule has 0 aliphatic carbocycles. The van der Waals surface area contributed by atoms with Crippen LogP contribution in [0.4, 0.5) is 0 Å². The predicted octanol–water partition coefficient (Wildman–Crippen LogP) is 3.72. The standard InChI is InChI=1S/C14H12ClN3O/c1-9-5-12(7-14(15)17-9)19-11-4-3-10-8-16-18(2)13(10)6-11/h3-8H,1-2H3. The molecule has 3 aromatic rings. The lowest BCUT2D eigenvalue weighted by Gasteiger charge is -2.07. The molecule has 0 bridgehead atoms. The Bertz CT molecular complexity index is 731. The maximum Gasteiger partial charge on any atom is 0.133 e. The molecular formula is C14H12ClN3O. The molecule has 4 nitrogen and oxygen atoms in total. The zero-order valence-corrected chi connectivity index (χ0v) is 11.3. The fourth-order valence-electron chi connectivity index (χ4n) is 1.98. The summed E-state index contributed by atoms with van der Waals surface area (Å²) in [6, 6.07) is 9.38. The van der Waals surface area contributed by atoms with Crippen LogP contribution in [0.5, 0.6) is 11.5 Å². The fraction of sp³-hybridized carbons (Fsp3) is 0.143. The normalized spacial score (nSPS) is 10.9. The lowest BCUT2D eigenvalue weighted by molar-refractivity contribution is 0.482. The molecule has 1 aromatic carbocycles. The largest absolute Gasteiger partial charge is 0.457 e. The van der Waals surface area contributed by atoms with Crippen LogP contribution in [0.2, 0.25) is 5.15 Å². The van der Waals surface area contributed by atoms with Crippen LogP contribution in [0.3, 0.4) is 0 Å². The van der Waals surface area contributed by atoms with Gasteiger partial charge in [-0.2, -0.15) is 5.10 Å². The quantitative estimate of drug-likeness (QED) is 0.668. The summed E-state index contributed by atoms with van der Waals surface area (Å²) < 4.78 is 7.62. The van der Waals surface area contributed by atoms with Gasteiger partial charge in [-0.3, -0.25) is 4.68 Å².